The molecule has 2 aliphatic rings. The number of hydrogen-bond donors (Lipinski definition) is 2. The molecule has 2 unspecified atom stereocenters. The zero-order valence-corrected chi connectivity index (χ0v) is 9.78. The Balaban J connectivity index is 1.65. The zero-order valence-electron chi connectivity index (χ0n) is 9.78. The minimum absolute atomic E-state index is 0.290. The summed E-state index contributed by atoms with van der Waals surface area (Å²) in [5, 5.41) is 12.8. The molecule has 2 N–H and O–H groups in total. The van der Waals surface area contributed by atoms with E-state index in [0.717, 1.165) is 19.0 Å². The molecule has 2 atom stereocenters. The van der Waals surface area contributed by atoms with Crippen LogP contribution in [-0.2, 0) is 0 Å². The first-order valence-electron chi connectivity index (χ1n) is 6.40. The van der Waals surface area contributed by atoms with E-state index in [2.05, 4.69) is 17.1 Å². The van der Waals surface area contributed by atoms with Crippen molar-refractivity contribution in [2.75, 3.05) is 19.7 Å². The molecule has 15 heavy (non-hydrogen) atoms. The zero-order chi connectivity index (χ0) is 10.7. The molecule has 2 fully saturated rings. The number of nitrogens with zero attached hydrogens (tertiary/aromatic N) is 1. The van der Waals surface area contributed by atoms with Gasteiger partial charge in [0.15, 0.2) is 0 Å². The Hall–Kier alpha value is -0.120. The van der Waals surface area contributed by atoms with Crippen LogP contribution in [0.25, 0.3) is 0 Å². The van der Waals surface area contributed by atoms with Gasteiger partial charge in [0.05, 0.1) is 6.61 Å². The largest absolute Gasteiger partial charge is 0.395 e. The third-order valence-electron chi connectivity index (χ3n) is 3.72. The summed E-state index contributed by atoms with van der Waals surface area (Å²) in [5.41, 5.74) is 0. The Labute approximate surface area is 92.8 Å². The van der Waals surface area contributed by atoms with Gasteiger partial charge in [-0.25, -0.2) is 0 Å². The molecule has 1 saturated heterocycles. The molecular weight excluding hydrogens is 188 g/mol. The molecule has 0 radical (unpaired) electrons. The van der Waals surface area contributed by atoms with E-state index in [1.165, 1.54) is 32.2 Å². The van der Waals surface area contributed by atoms with Crippen LogP contribution in [0.5, 0.6) is 0 Å². The fourth-order valence-corrected chi connectivity index (χ4v) is 2.46. The standard InChI is InChI=1S/C12H24N2O/c1-10-3-2-7-14(10)8-6-12(9-15)13-11-4-5-11/h10-13,15H,2-9H2,1H3. The molecule has 88 valence electrons. The van der Waals surface area contributed by atoms with E-state index < -0.39 is 0 Å². The number of aliphatic hydroxyl groups is 1. The molecule has 0 spiro atoms. The quantitative estimate of drug-likeness (QED) is 0.689. The second-order valence-corrected chi connectivity index (χ2v) is 5.14. The summed E-state index contributed by atoms with van der Waals surface area (Å²) in [6.07, 6.45) is 6.39. The molecule has 0 aromatic heterocycles. The van der Waals surface area contributed by atoms with Crippen LogP contribution < -0.4 is 5.32 Å². The molecule has 1 saturated carbocycles. The van der Waals surface area contributed by atoms with Crippen molar-refractivity contribution in [3.8, 4) is 0 Å². The van der Waals surface area contributed by atoms with Gasteiger partial charge in [0.2, 0.25) is 0 Å². The average Bonchev–Trinajstić information content (AvgIpc) is 2.96. The van der Waals surface area contributed by atoms with Gasteiger partial charge in [-0.05, 0) is 52.1 Å². The van der Waals surface area contributed by atoms with Crippen LogP contribution in [-0.4, -0.2) is 47.8 Å². The molecule has 1 aliphatic carbocycles. The van der Waals surface area contributed by atoms with Crippen molar-refractivity contribution in [3.63, 3.8) is 0 Å². The monoisotopic (exact) mass is 212 g/mol. The van der Waals surface area contributed by atoms with E-state index in [9.17, 15) is 5.11 Å². The highest BCUT2D eigenvalue weighted by molar-refractivity contribution is 4.85. The van der Waals surface area contributed by atoms with Crippen LogP contribution in [0.2, 0.25) is 0 Å². The van der Waals surface area contributed by atoms with Gasteiger partial charge in [-0.1, -0.05) is 0 Å². The number of aliphatic hydroxyl groups excluding tert-OH is 1. The molecule has 1 aliphatic heterocycles. The molecule has 0 amide bonds. The number of hydrogen-bond acceptors (Lipinski definition) is 3. The molecule has 1 heterocycles. The highest BCUT2D eigenvalue weighted by Gasteiger charge is 2.25. The Morgan fingerprint density at radius 2 is 2.20 bits per heavy atom. The lowest BCUT2D eigenvalue weighted by Crippen LogP contribution is -2.38. The lowest BCUT2D eigenvalue weighted by atomic mass is 10.2. The second kappa shape index (κ2) is 5.28. The predicted molar refractivity (Wildman–Crippen MR) is 61.9 cm³/mol. The summed E-state index contributed by atoms with van der Waals surface area (Å²) < 4.78 is 0. The summed E-state index contributed by atoms with van der Waals surface area (Å²) in [6, 6.07) is 1.79. The van der Waals surface area contributed by atoms with E-state index in [-0.39, 0.29) is 0 Å². The van der Waals surface area contributed by atoms with Gasteiger partial charge < -0.3 is 15.3 Å². The van der Waals surface area contributed by atoms with Gasteiger partial charge in [0, 0.05) is 18.1 Å². The maximum Gasteiger partial charge on any atom is 0.0585 e. The van der Waals surface area contributed by atoms with Gasteiger partial charge in [0.1, 0.15) is 0 Å². The summed E-state index contributed by atoms with van der Waals surface area (Å²) in [4.78, 5) is 2.55. The van der Waals surface area contributed by atoms with Crippen molar-refractivity contribution < 1.29 is 5.11 Å². The minimum Gasteiger partial charge on any atom is -0.395 e. The van der Waals surface area contributed by atoms with Gasteiger partial charge in [-0.2, -0.15) is 0 Å². The molecule has 3 nitrogen and oxygen atoms in total. The van der Waals surface area contributed by atoms with Crippen LogP contribution in [0.15, 0.2) is 0 Å². The summed E-state index contributed by atoms with van der Waals surface area (Å²) >= 11 is 0. The number of rotatable bonds is 6. The first-order valence-corrected chi connectivity index (χ1v) is 6.40. The van der Waals surface area contributed by atoms with Crippen LogP contribution in [0.4, 0.5) is 0 Å². The first-order chi connectivity index (χ1) is 7.29. The van der Waals surface area contributed by atoms with Crippen molar-refractivity contribution in [2.45, 2.75) is 57.2 Å². The molecule has 2 rings (SSSR count). The van der Waals surface area contributed by atoms with E-state index in [4.69, 9.17) is 0 Å². The van der Waals surface area contributed by atoms with Gasteiger partial charge in [-0.3, -0.25) is 0 Å². The molecule has 0 aromatic rings. The summed E-state index contributed by atoms with van der Waals surface area (Å²) in [6.45, 7) is 5.00. The maximum atomic E-state index is 9.26. The highest BCUT2D eigenvalue weighted by Crippen LogP contribution is 2.21. The van der Waals surface area contributed by atoms with Crippen LogP contribution in [0, 0.1) is 0 Å². The van der Waals surface area contributed by atoms with Crippen molar-refractivity contribution in [1.82, 2.24) is 10.2 Å². The molecule has 0 aromatic carbocycles. The lowest BCUT2D eigenvalue weighted by molar-refractivity contribution is 0.202. The number of nitrogens with one attached hydrogen (secondary N) is 1. The fraction of sp³-hybridized carbons (Fsp3) is 1.00. The Morgan fingerprint density at radius 3 is 2.73 bits per heavy atom. The van der Waals surface area contributed by atoms with E-state index in [1.54, 1.807) is 0 Å². The molecule has 0 bridgehead atoms. The van der Waals surface area contributed by atoms with Crippen LogP contribution in [0.1, 0.15) is 39.0 Å². The van der Waals surface area contributed by atoms with Gasteiger partial charge in [0.25, 0.3) is 0 Å². The predicted octanol–water partition coefficient (Wildman–Crippen LogP) is 0.974. The van der Waals surface area contributed by atoms with Gasteiger partial charge in [-0.15, -0.1) is 0 Å². The van der Waals surface area contributed by atoms with E-state index >= 15 is 0 Å². The SMILES string of the molecule is CC1CCCN1CCC(CO)NC1CC1. The topological polar surface area (TPSA) is 35.5 Å². The van der Waals surface area contributed by atoms with Crippen LogP contribution in [0.3, 0.4) is 0 Å². The Bertz CT molecular complexity index is 194. The molecular formula is C12H24N2O. The maximum absolute atomic E-state index is 9.26. The van der Waals surface area contributed by atoms with E-state index in [0.29, 0.717) is 18.7 Å². The van der Waals surface area contributed by atoms with Crippen molar-refractivity contribution >= 4 is 0 Å². The minimum atomic E-state index is 0.290. The lowest BCUT2D eigenvalue weighted by Gasteiger charge is -2.24. The number of likely N-dealkylation sites (tertiary alicyclic amines) is 1. The summed E-state index contributed by atoms with van der Waals surface area (Å²) in [7, 11) is 0. The average molecular weight is 212 g/mol. The smallest absolute Gasteiger partial charge is 0.0585 e. The second-order valence-electron chi connectivity index (χ2n) is 5.14. The van der Waals surface area contributed by atoms with Crippen molar-refractivity contribution in [1.29, 1.82) is 0 Å². The van der Waals surface area contributed by atoms with Crippen molar-refractivity contribution in [3.05, 3.63) is 0 Å². The van der Waals surface area contributed by atoms with Crippen LogP contribution >= 0.6 is 0 Å². The molecule has 3 heteroatoms. The highest BCUT2D eigenvalue weighted by atomic mass is 16.3. The van der Waals surface area contributed by atoms with Gasteiger partial charge >= 0.3 is 0 Å². The summed E-state index contributed by atoms with van der Waals surface area (Å²) in [5.74, 6) is 0. The third kappa shape index (κ3) is 3.44. The first kappa shape index (κ1) is 11.4. The Kier molecular flexibility index (Phi) is 4.00. The Morgan fingerprint density at radius 1 is 1.40 bits per heavy atom. The fourth-order valence-electron chi connectivity index (χ4n) is 2.46. The third-order valence-corrected chi connectivity index (χ3v) is 3.72. The normalized spacial score (nSPS) is 29.6. The van der Waals surface area contributed by atoms with E-state index in [1.807, 2.05) is 0 Å². The van der Waals surface area contributed by atoms with Crippen molar-refractivity contribution in [2.24, 2.45) is 0 Å².